The third kappa shape index (κ3) is 4.25. The lowest BCUT2D eigenvalue weighted by Gasteiger charge is -2.28. The number of halogens is 1. The van der Waals surface area contributed by atoms with Crippen LogP contribution in [0.25, 0.3) is 0 Å². The topological polar surface area (TPSA) is 51.2 Å². The molecule has 0 bridgehead atoms. The van der Waals surface area contributed by atoms with Gasteiger partial charge < -0.3 is 4.74 Å². The molecule has 1 aromatic heterocycles. The highest BCUT2D eigenvalue weighted by Gasteiger charge is 2.28. The van der Waals surface area contributed by atoms with Crippen molar-refractivity contribution >= 4 is 17.3 Å². The average Bonchev–Trinajstić information content (AvgIpc) is 2.95. The summed E-state index contributed by atoms with van der Waals surface area (Å²) in [5, 5.41) is 4.12. The van der Waals surface area contributed by atoms with Crippen molar-refractivity contribution < 1.29 is 13.9 Å². The first-order valence-corrected chi connectivity index (χ1v) is 9.24. The first kappa shape index (κ1) is 18.0. The van der Waals surface area contributed by atoms with E-state index in [4.69, 9.17) is 9.72 Å². The molecule has 3 rings (SSSR count). The van der Waals surface area contributed by atoms with E-state index in [1.165, 1.54) is 29.8 Å². The Morgan fingerprint density at radius 1 is 1.48 bits per heavy atom. The highest BCUT2D eigenvalue weighted by molar-refractivity contribution is 7.11. The summed E-state index contributed by atoms with van der Waals surface area (Å²) in [6.07, 6.45) is 3.19. The zero-order valence-corrected chi connectivity index (χ0v) is 15.6. The molecular formula is C19H23FN2O2S. The fourth-order valence-electron chi connectivity index (χ4n) is 3.16. The van der Waals surface area contributed by atoms with E-state index in [-0.39, 0.29) is 5.82 Å². The van der Waals surface area contributed by atoms with E-state index >= 15 is 0 Å². The third-order valence-corrected chi connectivity index (χ3v) is 5.67. The monoisotopic (exact) mass is 362 g/mol. The Balaban J connectivity index is 1.74. The van der Waals surface area contributed by atoms with Crippen LogP contribution in [0.4, 0.5) is 4.39 Å². The van der Waals surface area contributed by atoms with E-state index in [1.54, 1.807) is 23.5 Å². The van der Waals surface area contributed by atoms with Crippen LogP contribution in [0.5, 0.6) is 0 Å². The van der Waals surface area contributed by atoms with E-state index < -0.39 is 12.0 Å². The van der Waals surface area contributed by atoms with Crippen LogP contribution in [0.3, 0.4) is 0 Å². The number of aryl methyl sites for hydroxylation is 1. The Kier molecular flexibility index (Phi) is 5.20. The van der Waals surface area contributed by atoms with Crippen molar-refractivity contribution in [1.82, 2.24) is 10.3 Å². The molecule has 1 heterocycles. The van der Waals surface area contributed by atoms with Gasteiger partial charge in [-0.3, -0.25) is 5.32 Å². The molecule has 0 fully saturated rings. The number of hydrogen-bond donors (Lipinski definition) is 1. The second-order valence-electron chi connectivity index (χ2n) is 7.21. The maximum Gasteiger partial charge on any atom is 0.327 e. The minimum Gasteiger partial charge on any atom is -0.468 e. The minimum absolute atomic E-state index is 0.320. The van der Waals surface area contributed by atoms with Gasteiger partial charge in [0.2, 0.25) is 0 Å². The van der Waals surface area contributed by atoms with Crippen LogP contribution >= 0.6 is 11.3 Å². The molecule has 4 nitrogen and oxygen atoms in total. The SMILES string of the molecule is COC(=O)C(NCc1nc2c(s1)CC(C)(C)CC2)c1cccc(F)c1. The number of nitrogens with zero attached hydrogens (tertiary/aromatic N) is 1. The number of carbonyl (C=O) groups is 1. The highest BCUT2D eigenvalue weighted by atomic mass is 32.1. The molecule has 1 aromatic carbocycles. The molecular weight excluding hydrogens is 339 g/mol. The number of hydrogen-bond acceptors (Lipinski definition) is 5. The van der Waals surface area contributed by atoms with Crippen molar-refractivity contribution in [3.8, 4) is 0 Å². The van der Waals surface area contributed by atoms with Crippen LogP contribution < -0.4 is 5.32 Å². The molecule has 0 saturated carbocycles. The standard InChI is InChI=1S/C19H23FN2O2S/c1-19(2)8-7-14-15(10-19)25-16(22-14)11-21-17(18(23)24-3)12-5-4-6-13(20)9-12/h4-6,9,17,21H,7-8,10-11H2,1-3H3. The molecule has 6 heteroatoms. The zero-order valence-electron chi connectivity index (χ0n) is 14.8. The highest BCUT2D eigenvalue weighted by Crippen LogP contribution is 2.37. The van der Waals surface area contributed by atoms with E-state index in [9.17, 15) is 9.18 Å². The lowest BCUT2D eigenvalue weighted by atomic mass is 9.79. The molecule has 1 unspecified atom stereocenters. The van der Waals surface area contributed by atoms with Crippen LogP contribution in [-0.4, -0.2) is 18.1 Å². The summed E-state index contributed by atoms with van der Waals surface area (Å²) < 4.78 is 18.4. The summed E-state index contributed by atoms with van der Waals surface area (Å²) in [4.78, 5) is 18.2. The van der Waals surface area contributed by atoms with Crippen molar-refractivity contribution in [2.24, 2.45) is 5.41 Å². The molecule has 0 amide bonds. The Labute approximate surface area is 151 Å². The predicted octanol–water partition coefficient (Wildman–Crippen LogP) is 3.80. The van der Waals surface area contributed by atoms with E-state index in [0.717, 1.165) is 24.3 Å². The summed E-state index contributed by atoms with van der Waals surface area (Å²) in [6.45, 7) is 5.02. The first-order chi connectivity index (χ1) is 11.9. The molecule has 134 valence electrons. The summed E-state index contributed by atoms with van der Waals surface area (Å²) >= 11 is 1.70. The number of benzene rings is 1. The quantitative estimate of drug-likeness (QED) is 0.822. The van der Waals surface area contributed by atoms with Gasteiger partial charge >= 0.3 is 5.97 Å². The van der Waals surface area contributed by atoms with Gasteiger partial charge in [0.05, 0.1) is 12.8 Å². The van der Waals surface area contributed by atoms with Crippen molar-refractivity contribution in [1.29, 1.82) is 0 Å². The van der Waals surface area contributed by atoms with Gasteiger partial charge in [-0.05, 0) is 42.4 Å². The summed E-state index contributed by atoms with van der Waals surface area (Å²) in [5.74, 6) is -0.812. The average molecular weight is 362 g/mol. The van der Waals surface area contributed by atoms with Gasteiger partial charge in [0.25, 0.3) is 0 Å². The van der Waals surface area contributed by atoms with Gasteiger partial charge in [-0.1, -0.05) is 26.0 Å². The van der Waals surface area contributed by atoms with Crippen LogP contribution in [0.1, 0.15) is 47.5 Å². The Morgan fingerprint density at radius 2 is 2.28 bits per heavy atom. The summed E-state index contributed by atoms with van der Waals surface area (Å²) in [7, 11) is 1.33. The number of rotatable bonds is 5. The van der Waals surface area contributed by atoms with Crippen LogP contribution in [0.2, 0.25) is 0 Å². The number of fused-ring (bicyclic) bond motifs is 1. The molecule has 1 N–H and O–H groups in total. The van der Waals surface area contributed by atoms with Crippen molar-refractivity contribution in [3.63, 3.8) is 0 Å². The Bertz CT molecular complexity index is 773. The zero-order chi connectivity index (χ0) is 18.0. The van der Waals surface area contributed by atoms with E-state index in [1.807, 2.05) is 0 Å². The van der Waals surface area contributed by atoms with Crippen molar-refractivity contribution in [2.45, 2.75) is 45.7 Å². The predicted molar refractivity (Wildman–Crippen MR) is 95.9 cm³/mol. The fourth-order valence-corrected chi connectivity index (χ4v) is 4.48. The number of ether oxygens (including phenoxy) is 1. The van der Waals surface area contributed by atoms with Gasteiger partial charge in [0, 0.05) is 11.4 Å². The lowest BCUT2D eigenvalue weighted by molar-refractivity contribution is -0.143. The molecule has 0 aliphatic heterocycles. The number of aromatic nitrogens is 1. The van der Waals surface area contributed by atoms with Crippen molar-refractivity contribution in [3.05, 3.63) is 51.2 Å². The Morgan fingerprint density at radius 3 is 3.00 bits per heavy atom. The largest absolute Gasteiger partial charge is 0.468 e. The van der Waals surface area contributed by atoms with Crippen molar-refractivity contribution in [2.75, 3.05) is 7.11 Å². The van der Waals surface area contributed by atoms with Crippen LogP contribution in [-0.2, 0) is 28.9 Å². The van der Waals surface area contributed by atoms with Crippen LogP contribution in [0.15, 0.2) is 24.3 Å². The van der Waals surface area contributed by atoms with Gasteiger partial charge in [0.15, 0.2) is 0 Å². The van der Waals surface area contributed by atoms with Gasteiger partial charge in [-0.25, -0.2) is 14.2 Å². The first-order valence-electron chi connectivity index (χ1n) is 8.42. The second kappa shape index (κ2) is 7.22. The molecule has 0 spiro atoms. The fraction of sp³-hybridized carbons (Fsp3) is 0.474. The molecule has 1 aliphatic rings. The molecule has 0 saturated heterocycles. The molecule has 1 atom stereocenters. The maximum atomic E-state index is 13.5. The third-order valence-electron chi connectivity index (χ3n) is 4.58. The number of thiazole rings is 1. The maximum absolute atomic E-state index is 13.5. The molecule has 0 radical (unpaired) electrons. The summed E-state index contributed by atoms with van der Waals surface area (Å²) in [6, 6.07) is 5.30. The Hall–Kier alpha value is -1.79. The lowest BCUT2D eigenvalue weighted by Crippen LogP contribution is -2.29. The summed E-state index contributed by atoms with van der Waals surface area (Å²) in [5.41, 5.74) is 2.05. The normalized spacial score (nSPS) is 17.0. The molecule has 2 aromatic rings. The van der Waals surface area contributed by atoms with Gasteiger partial charge in [-0.15, -0.1) is 11.3 Å². The van der Waals surface area contributed by atoms with Crippen LogP contribution in [0, 0.1) is 11.2 Å². The molecule has 1 aliphatic carbocycles. The van der Waals surface area contributed by atoms with E-state index in [2.05, 4.69) is 19.2 Å². The number of esters is 1. The molecule has 25 heavy (non-hydrogen) atoms. The number of methoxy groups -OCH3 is 1. The second-order valence-corrected chi connectivity index (χ2v) is 8.38. The number of nitrogens with one attached hydrogen (secondary N) is 1. The number of carbonyl (C=O) groups excluding carboxylic acids is 1. The van der Waals surface area contributed by atoms with Gasteiger partial charge in [0.1, 0.15) is 16.9 Å². The van der Waals surface area contributed by atoms with Gasteiger partial charge in [-0.2, -0.15) is 0 Å². The van der Waals surface area contributed by atoms with E-state index in [0.29, 0.717) is 17.5 Å². The minimum atomic E-state index is -0.710. The smallest absolute Gasteiger partial charge is 0.327 e.